The third kappa shape index (κ3) is 4.15. The van der Waals surface area contributed by atoms with Crippen LogP contribution in [0, 0.1) is 45.3 Å². The second-order valence-corrected chi connectivity index (χ2v) is 12.5. The lowest BCUT2D eigenvalue weighted by molar-refractivity contribution is -0.205. The van der Waals surface area contributed by atoms with Gasteiger partial charge in [0.05, 0.1) is 23.5 Å². The van der Waals surface area contributed by atoms with Gasteiger partial charge in [0, 0.05) is 28.1 Å². The fraction of sp³-hybridized carbons (Fsp3) is 0.621. The molecule has 3 fully saturated rings. The smallest absolute Gasteiger partial charge is 0.316 e. The first kappa shape index (κ1) is 26.0. The summed E-state index contributed by atoms with van der Waals surface area (Å²) in [6.07, 6.45) is 4.25. The first-order valence-corrected chi connectivity index (χ1v) is 13.7. The van der Waals surface area contributed by atoms with Gasteiger partial charge in [-0.3, -0.25) is 9.59 Å². The van der Waals surface area contributed by atoms with Gasteiger partial charge in [0.1, 0.15) is 11.9 Å². The van der Waals surface area contributed by atoms with E-state index >= 15 is 0 Å². The van der Waals surface area contributed by atoms with Crippen LogP contribution in [0.1, 0.15) is 65.4 Å². The van der Waals surface area contributed by atoms with E-state index in [4.69, 9.17) is 10.00 Å². The Balaban J connectivity index is 1.67. The number of ether oxygens (including phenoxy) is 1. The van der Waals surface area contributed by atoms with Crippen molar-refractivity contribution < 1.29 is 19.4 Å². The maximum Gasteiger partial charge on any atom is 0.316 e. The first-order chi connectivity index (χ1) is 16.5. The molecule has 0 heterocycles. The number of carbonyl (C=O) groups is 2. The van der Waals surface area contributed by atoms with Crippen LogP contribution in [0.5, 0.6) is 0 Å². The largest absolute Gasteiger partial charge is 0.461 e. The van der Waals surface area contributed by atoms with E-state index in [-0.39, 0.29) is 40.7 Å². The number of aliphatic hydroxyl groups excluding tert-OH is 1. The summed E-state index contributed by atoms with van der Waals surface area (Å²) in [6, 6.07) is 9.29. The molecule has 0 spiro atoms. The number of esters is 1. The maximum atomic E-state index is 13.4. The second-order valence-electron chi connectivity index (χ2n) is 11.5. The molecule has 5 nitrogen and oxygen atoms in total. The van der Waals surface area contributed by atoms with Crippen molar-refractivity contribution in [3.8, 4) is 6.07 Å². The molecular weight excluding hydrogens is 458 g/mol. The van der Waals surface area contributed by atoms with Crippen LogP contribution >= 0.6 is 11.8 Å². The Labute approximate surface area is 213 Å². The summed E-state index contributed by atoms with van der Waals surface area (Å²) in [5.41, 5.74) is -0.876. The average Bonchev–Trinajstić information content (AvgIpc) is 3.21. The van der Waals surface area contributed by atoms with Crippen LogP contribution in [0.3, 0.4) is 0 Å². The standard InChI is InChI=1S/C29H37NO4S/c1-6-27(4)15-23(34-24(32)17-35-21-9-7-8-20(14-21)16-30)28(5)18(2)10-12-29(19(3)26(27)33)13-11-22(31)25(28)29/h6-9,14,18-19,23,25-26,33H,1,10-13,15,17H2,2-5H3/t18?,19-,23+,25?,26-,27+,28-,29?/m0/s1. The molecule has 188 valence electrons. The number of hydrogen-bond donors (Lipinski definition) is 1. The zero-order valence-electron chi connectivity index (χ0n) is 21.3. The van der Waals surface area contributed by atoms with E-state index in [1.165, 1.54) is 11.8 Å². The fourth-order valence-electron chi connectivity index (χ4n) is 7.49. The first-order valence-electron chi connectivity index (χ1n) is 12.7. The van der Waals surface area contributed by atoms with Gasteiger partial charge in [-0.1, -0.05) is 39.8 Å². The van der Waals surface area contributed by atoms with E-state index in [1.54, 1.807) is 18.2 Å². The van der Waals surface area contributed by atoms with Crippen LogP contribution in [0.25, 0.3) is 0 Å². The third-order valence-electron chi connectivity index (χ3n) is 9.90. The SMILES string of the molecule is C=C[C@]1(C)C[C@@H](OC(=O)CSc2cccc(C#N)c2)[C@]2(C)C(C)CCC3(CCC(=O)C32)[C@@H](C)[C@@H]1O. The molecular formula is C29H37NO4S. The monoisotopic (exact) mass is 495 g/mol. The Bertz CT molecular complexity index is 1070. The Morgan fingerprint density at radius 3 is 2.77 bits per heavy atom. The van der Waals surface area contributed by atoms with Gasteiger partial charge in [-0.05, 0) is 61.1 Å². The highest BCUT2D eigenvalue weighted by Crippen LogP contribution is 2.68. The summed E-state index contributed by atoms with van der Waals surface area (Å²) in [5.74, 6) is -0.0413. The molecule has 0 saturated heterocycles. The molecule has 3 unspecified atom stereocenters. The minimum Gasteiger partial charge on any atom is -0.461 e. The molecule has 1 aromatic carbocycles. The van der Waals surface area contributed by atoms with Crippen LogP contribution in [0.4, 0.5) is 0 Å². The molecule has 8 atom stereocenters. The summed E-state index contributed by atoms with van der Waals surface area (Å²) < 4.78 is 6.26. The van der Waals surface area contributed by atoms with Gasteiger partial charge in [0.25, 0.3) is 0 Å². The topological polar surface area (TPSA) is 87.4 Å². The van der Waals surface area contributed by atoms with E-state index in [2.05, 4.69) is 33.4 Å². The average molecular weight is 496 g/mol. The number of rotatable bonds is 5. The highest BCUT2D eigenvalue weighted by atomic mass is 32.2. The molecule has 3 aliphatic rings. The van der Waals surface area contributed by atoms with E-state index in [0.717, 1.165) is 24.2 Å². The summed E-state index contributed by atoms with van der Waals surface area (Å²) in [5, 5.41) is 20.7. The van der Waals surface area contributed by atoms with Crippen LogP contribution in [0.2, 0.25) is 0 Å². The van der Waals surface area contributed by atoms with Crippen molar-refractivity contribution in [2.45, 2.75) is 76.9 Å². The van der Waals surface area contributed by atoms with E-state index < -0.39 is 23.0 Å². The normalized spacial score (nSPS) is 40.7. The van der Waals surface area contributed by atoms with Crippen LogP contribution < -0.4 is 0 Å². The molecule has 35 heavy (non-hydrogen) atoms. The molecule has 3 saturated carbocycles. The molecule has 1 aromatic rings. The number of ketones is 1. The van der Waals surface area contributed by atoms with Gasteiger partial charge < -0.3 is 9.84 Å². The van der Waals surface area contributed by atoms with Crippen molar-refractivity contribution >= 4 is 23.5 Å². The zero-order chi connectivity index (χ0) is 25.6. The number of benzene rings is 1. The van der Waals surface area contributed by atoms with E-state index in [9.17, 15) is 14.7 Å². The Morgan fingerprint density at radius 2 is 2.09 bits per heavy atom. The number of nitriles is 1. The highest BCUT2D eigenvalue weighted by molar-refractivity contribution is 8.00. The van der Waals surface area contributed by atoms with Crippen molar-refractivity contribution in [3.63, 3.8) is 0 Å². The molecule has 4 rings (SSSR count). The van der Waals surface area contributed by atoms with Crippen molar-refractivity contribution in [1.29, 1.82) is 5.26 Å². The molecule has 0 aromatic heterocycles. The van der Waals surface area contributed by atoms with Crippen molar-refractivity contribution in [3.05, 3.63) is 42.5 Å². The number of nitrogens with zero attached hydrogens (tertiary/aromatic N) is 1. The third-order valence-corrected chi connectivity index (χ3v) is 10.9. The van der Waals surface area contributed by atoms with E-state index in [1.807, 2.05) is 19.1 Å². The lowest BCUT2D eigenvalue weighted by Gasteiger charge is -2.61. The second kappa shape index (κ2) is 9.41. The molecule has 3 aliphatic carbocycles. The number of carbonyl (C=O) groups excluding carboxylic acids is 2. The number of thioether (sulfide) groups is 1. The van der Waals surface area contributed by atoms with Gasteiger partial charge in [-0.25, -0.2) is 0 Å². The van der Waals surface area contributed by atoms with Gasteiger partial charge >= 0.3 is 5.97 Å². The molecule has 1 N–H and O–H groups in total. The lowest BCUT2D eigenvalue weighted by atomic mass is 9.44. The zero-order valence-corrected chi connectivity index (χ0v) is 22.1. The fourth-order valence-corrected chi connectivity index (χ4v) is 8.23. The Kier molecular flexibility index (Phi) is 6.98. The molecule has 0 radical (unpaired) electrons. The number of Topliss-reactive ketones (excluding diaryl/α,β-unsaturated/α-hetero) is 1. The van der Waals surface area contributed by atoms with Gasteiger partial charge in [-0.15, -0.1) is 18.3 Å². The molecule has 0 aliphatic heterocycles. The minimum atomic E-state index is -0.671. The predicted molar refractivity (Wildman–Crippen MR) is 137 cm³/mol. The van der Waals surface area contributed by atoms with Crippen molar-refractivity contribution in [2.24, 2.45) is 34.0 Å². The van der Waals surface area contributed by atoms with Gasteiger partial charge in [-0.2, -0.15) is 5.26 Å². The number of hydrogen-bond acceptors (Lipinski definition) is 6. The lowest BCUT2D eigenvalue weighted by Crippen LogP contribution is -2.63. The molecule has 2 bridgehead atoms. The van der Waals surface area contributed by atoms with Crippen molar-refractivity contribution in [1.82, 2.24) is 0 Å². The Morgan fingerprint density at radius 1 is 1.34 bits per heavy atom. The van der Waals surface area contributed by atoms with Crippen LogP contribution in [0.15, 0.2) is 41.8 Å². The van der Waals surface area contributed by atoms with Gasteiger partial charge in [0.15, 0.2) is 0 Å². The van der Waals surface area contributed by atoms with Crippen molar-refractivity contribution in [2.75, 3.05) is 5.75 Å². The number of aliphatic hydroxyl groups is 1. The quantitative estimate of drug-likeness (QED) is 0.327. The van der Waals surface area contributed by atoms with Gasteiger partial charge in [0.2, 0.25) is 0 Å². The molecule has 6 heteroatoms. The van der Waals surface area contributed by atoms with Crippen LogP contribution in [-0.2, 0) is 14.3 Å². The Hall–Kier alpha value is -2.10. The summed E-state index contributed by atoms with van der Waals surface area (Å²) in [6.45, 7) is 12.5. The summed E-state index contributed by atoms with van der Waals surface area (Å²) in [7, 11) is 0. The minimum absolute atomic E-state index is 0.0478. The summed E-state index contributed by atoms with van der Waals surface area (Å²) in [4.78, 5) is 27.5. The predicted octanol–water partition coefficient (Wildman–Crippen LogP) is 5.56. The van der Waals surface area contributed by atoms with Crippen LogP contribution in [-0.4, -0.2) is 34.8 Å². The highest BCUT2D eigenvalue weighted by Gasteiger charge is 2.68. The van der Waals surface area contributed by atoms with E-state index in [0.29, 0.717) is 18.4 Å². The molecule has 0 amide bonds. The maximum absolute atomic E-state index is 13.4. The summed E-state index contributed by atoms with van der Waals surface area (Å²) >= 11 is 1.34.